The number of phenols is 1. The monoisotopic (exact) mass is 188 g/mol. The van der Waals surface area contributed by atoms with E-state index in [1.54, 1.807) is 12.1 Å². The third kappa shape index (κ3) is 2.38. The number of aromatic hydroxyl groups is 1. The average molecular weight is 188 g/mol. The van der Waals surface area contributed by atoms with Gasteiger partial charge in [0.25, 0.3) is 0 Å². The van der Waals surface area contributed by atoms with E-state index in [4.69, 9.17) is 5.11 Å². The molecule has 0 amide bonds. The van der Waals surface area contributed by atoms with Crippen LogP contribution in [0, 0.1) is 5.92 Å². The van der Waals surface area contributed by atoms with E-state index in [1.807, 2.05) is 12.1 Å². The Hall–Kier alpha value is -1.24. The predicted molar refractivity (Wildman–Crippen MR) is 58.3 cm³/mol. The van der Waals surface area contributed by atoms with Crippen molar-refractivity contribution in [1.29, 1.82) is 0 Å². The van der Waals surface area contributed by atoms with Gasteiger partial charge in [0.05, 0.1) is 0 Å². The highest BCUT2D eigenvalue weighted by Crippen LogP contribution is 2.23. The van der Waals surface area contributed by atoms with Crippen LogP contribution in [0.2, 0.25) is 0 Å². The lowest BCUT2D eigenvalue weighted by Crippen LogP contribution is -2.05. The van der Waals surface area contributed by atoms with Crippen LogP contribution in [0.15, 0.2) is 36.4 Å². The summed E-state index contributed by atoms with van der Waals surface area (Å²) in [6.07, 6.45) is 9.44. The Kier molecular flexibility index (Phi) is 2.87. The van der Waals surface area contributed by atoms with Crippen LogP contribution >= 0.6 is 0 Å². The summed E-state index contributed by atoms with van der Waals surface area (Å²) in [5, 5.41) is 9.15. The largest absolute Gasteiger partial charge is 0.508 e. The fourth-order valence-electron chi connectivity index (χ4n) is 2.01. The Morgan fingerprint density at radius 3 is 2.57 bits per heavy atom. The first-order valence-electron chi connectivity index (χ1n) is 5.27. The molecule has 1 aliphatic rings. The van der Waals surface area contributed by atoms with Crippen molar-refractivity contribution in [2.45, 2.75) is 25.7 Å². The molecule has 1 atom stereocenters. The highest BCUT2D eigenvalue weighted by molar-refractivity contribution is 5.26. The van der Waals surface area contributed by atoms with Crippen LogP contribution in [0.4, 0.5) is 0 Å². The molecule has 0 aliphatic heterocycles. The smallest absolute Gasteiger partial charge is 0.115 e. The number of benzene rings is 1. The molecule has 0 saturated heterocycles. The summed E-state index contributed by atoms with van der Waals surface area (Å²) in [5.74, 6) is 1.15. The van der Waals surface area contributed by atoms with Crippen molar-refractivity contribution >= 4 is 0 Å². The molecular weight excluding hydrogens is 172 g/mol. The lowest BCUT2D eigenvalue weighted by atomic mass is 9.89. The summed E-state index contributed by atoms with van der Waals surface area (Å²) in [6.45, 7) is 0. The van der Waals surface area contributed by atoms with E-state index in [1.165, 1.54) is 24.8 Å². The lowest BCUT2D eigenvalue weighted by Gasteiger charge is -2.17. The first kappa shape index (κ1) is 9.32. The van der Waals surface area contributed by atoms with Crippen LogP contribution < -0.4 is 0 Å². The molecule has 1 heteroatoms. The molecule has 14 heavy (non-hydrogen) atoms. The molecule has 1 N–H and O–H groups in total. The van der Waals surface area contributed by atoms with Crippen molar-refractivity contribution in [2.75, 3.05) is 0 Å². The van der Waals surface area contributed by atoms with Gasteiger partial charge in [-0.1, -0.05) is 24.3 Å². The van der Waals surface area contributed by atoms with Gasteiger partial charge in [-0.15, -0.1) is 0 Å². The van der Waals surface area contributed by atoms with Gasteiger partial charge in [0.1, 0.15) is 5.75 Å². The van der Waals surface area contributed by atoms with Gasteiger partial charge in [-0.2, -0.15) is 0 Å². The number of phenolic OH excluding ortho intramolecular Hbond substituents is 1. The zero-order valence-corrected chi connectivity index (χ0v) is 8.32. The summed E-state index contributed by atoms with van der Waals surface area (Å²) in [5.41, 5.74) is 1.34. The molecule has 0 heterocycles. The fraction of sp³-hybridized carbons (Fsp3) is 0.385. The predicted octanol–water partition coefficient (Wildman–Crippen LogP) is 3.29. The molecule has 0 bridgehead atoms. The molecule has 2 rings (SSSR count). The minimum Gasteiger partial charge on any atom is -0.508 e. The molecule has 0 unspecified atom stereocenters. The molecule has 0 fully saturated rings. The third-order valence-corrected chi connectivity index (χ3v) is 2.84. The Bertz CT molecular complexity index is 311. The van der Waals surface area contributed by atoms with Crippen LogP contribution in [0.5, 0.6) is 5.75 Å². The summed E-state index contributed by atoms with van der Waals surface area (Å²) in [7, 11) is 0. The quantitative estimate of drug-likeness (QED) is 0.706. The van der Waals surface area contributed by atoms with E-state index in [9.17, 15) is 0 Å². The molecule has 0 saturated carbocycles. The normalized spacial score (nSPS) is 21.0. The topological polar surface area (TPSA) is 20.2 Å². The highest BCUT2D eigenvalue weighted by atomic mass is 16.3. The van der Waals surface area contributed by atoms with Crippen molar-refractivity contribution in [3.05, 3.63) is 42.0 Å². The molecule has 1 nitrogen and oxygen atoms in total. The maximum Gasteiger partial charge on any atom is 0.115 e. The molecule has 74 valence electrons. The SMILES string of the molecule is Oc1ccc(C[C@@H]2CC=CCC2)cc1. The zero-order chi connectivity index (χ0) is 9.80. The van der Waals surface area contributed by atoms with E-state index in [2.05, 4.69) is 12.2 Å². The van der Waals surface area contributed by atoms with E-state index in [-0.39, 0.29) is 0 Å². The molecule has 0 aromatic heterocycles. The second kappa shape index (κ2) is 4.32. The van der Waals surface area contributed by atoms with Crippen molar-refractivity contribution in [2.24, 2.45) is 5.92 Å². The Labute approximate surface area is 85.1 Å². The fourth-order valence-corrected chi connectivity index (χ4v) is 2.01. The lowest BCUT2D eigenvalue weighted by molar-refractivity contribution is 0.469. The molecule has 0 radical (unpaired) electrons. The van der Waals surface area contributed by atoms with E-state index in [0.29, 0.717) is 5.75 Å². The van der Waals surface area contributed by atoms with Crippen LogP contribution in [0.25, 0.3) is 0 Å². The minimum absolute atomic E-state index is 0.359. The summed E-state index contributed by atoms with van der Waals surface area (Å²) in [4.78, 5) is 0. The molecule has 1 aromatic rings. The van der Waals surface area contributed by atoms with Crippen LogP contribution in [-0.2, 0) is 6.42 Å². The van der Waals surface area contributed by atoms with E-state index >= 15 is 0 Å². The van der Waals surface area contributed by atoms with Gasteiger partial charge in [0.15, 0.2) is 0 Å². The number of hydrogen-bond acceptors (Lipinski definition) is 1. The van der Waals surface area contributed by atoms with E-state index in [0.717, 1.165) is 12.3 Å². The Balaban J connectivity index is 1.96. The molecular formula is C13H16O. The van der Waals surface area contributed by atoms with Crippen molar-refractivity contribution in [3.8, 4) is 5.75 Å². The number of rotatable bonds is 2. The summed E-state index contributed by atoms with van der Waals surface area (Å²) >= 11 is 0. The molecule has 0 spiro atoms. The number of allylic oxidation sites excluding steroid dienone is 2. The second-order valence-electron chi connectivity index (χ2n) is 4.02. The first-order valence-corrected chi connectivity index (χ1v) is 5.27. The highest BCUT2D eigenvalue weighted by Gasteiger charge is 2.10. The van der Waals surface area contributed by atoms with Gasteiger partial charge in [-0.05, 0) is 49.3 Å². The standard InChI is InChI=1S/C13H16O/c14-13-8-6-12(7-9-13)10-11-4-2-1-3-5-11/h1-2,6-9,11,14H,3-5,10H2/t11-/m1/s1. The van der Waals surface area contributed by atoms with Gasteiger partial charge in [-0.25, -0.2) is 0 Å². The molecule has 1 aromatic carbocycles. The maximum absolute atomic E-state index is 9.15. The maximum atomic E-state index is 9.15. The van der Waals surface area contributed by atoms with Gasteiger partial charge < -0.3 is 5.11 Å². The zero-order valence-electron chi connectivity index (χ0n) is 8.32. The number of hydrogen-bond donors (Lipinski definition) is 1. The van der Waals surface area contributed by atoms with Gasteiger partial charge in [-0.3, -0.25) is 0 Å². The van der Waals surface area contributed by atoms with Crippen molar-refractivity contribution in [1.82, 2.24) is 0 Å². The summed E-state index contributed by atoms with van der Waals surface area (Å²) in [6, 6.07) is 7.59. The Morgan fingerprint density at radius 1 is 1.14 bits per heavy atom. The molecule has 1 aliphatic carbocycles. The average Bonchev–Trinajstić information content (AvgIpc) is 2.23. The van der Waals surface area contributed by atoms with Crippen molar-refractivity contribution < 1.29 is 5.11 Å². The Morgan fingerprint density at radius 2 is 1.93 bits per heavy atom. The van der Waals surface area contributed by atoms with Gasteiger partial charge in [0.2, 0.25) is 0 Å². The first-order chi connectivity index (χ1) is 6.84. The van der Waals surface area contributed by atoms with Crippen molar-refractivity contribution in [3.63, 3.8) is 0 Å². The van der Waals surface area contributed by atoms with Crippen LogP contribution in [0.3, 0.4) is 0 Å². The van der Waals surface area contributed by atoms with Gasteiger partial charge >= 0.3 is 0 Å². The third-order valence-electron chi connectivity index (χ3n) is 2.84. The minimum atomic E-state index is 0.359. The second-order valence-corrected chi connectivity index (χ2v) is 4.02. The van der Waals surface area contributed by atoms with E-state index < -0.39 is 0 Å². The summed E-state index contributed by atoms with van der Waals surface area (Å²) < 4.78 is 0. The van der Waals surface area contributed by atoms with Crippen LogP contribution in [-0.4, -0.2) is 5.11 Å². The van der Waals surface area contributed by atoms with Gasteiger partial charge in [0, 0.05) is 0 Å². The van der Waals surface area contributed by atoms with Crippen LogP contribution in [0.1, 0.15) is 24.8 Å².